The standard InChI is InChI=1S/C24H39N3O5/c1-8-9-10-27(17-13-23(2,3)26-24(4,5)14-17)22(29)16-11-18(30-6)21(19(12-16)31-7)32-15-20(25)28/h11-12,17,26H,8-10,13-15H2,1-7H3,(H2,25,28). The molecule has 2 rings (SSSR count). The van der Waals surface area contributed by atoms with E-state index in [9.17, 15) is 9.59 Å². The quantitative estimate of drug-likeness (QED) is 0.569. The first-order valence-electron chi connectivity index (χ1n) is 11.2. The second kappa shape index (κ2) is 10.4. The predicted octanol–water partition coefficient (Wildman–Crippen LogP) is 3.12. The van der Waals surface area contributed by atoms with Crippen molar-refractivity contribution in [1.82, 2.24) is 10.2 Å². The fourth-order valence-electron chi connectivity index (χ4n) is 4.72. The summed E-state index contributed by atoms with van der Waals surface area (Å²) in [6.45, 7) is 11.2. The summed E-state index contributed by atoms with van der Waals surface area (Å²) in [5.74, 6) is 0.187. The normalized spacial score (nSPS) is 17.5. The average molecular weight is 450 g/mol. The van der Waals surface area contributed by atoms with Crippen molar-refractivity contribution in [2.45, 2.75) is 77.4 Å². The minimum absolute atomic E-state index is 0.0741. The van der Waals surface area contributed by atoms with Crippen LogP contribution in [0.3, 0.4) is 0 Å². The fourth-order valence-corrected chi connectivity index (χ4v) is 4.72. The lowest BCUT2D eigenvalue weighted by atomic mass is 9.78. The molecule has 32 heavy (non-hydrogen) atoms. The summed E-state index contributed by atoms with van der Waals surface area (Å²) in [7, 11) is 2.96. The molecule has 0 aliphatic carbocycles. The Kier molecular flexibility index (Phi) is 8.40. The molecule has 8 heteroatoms. The van der Waals surface area contributed by atoms with Crippen LogP contribution in [0.5, 0.6) is 17.2 Å². The van der Waals surface area contributed by atoms with E-state index in [-0.39, 0.29) is 35.4 Å². The van der Waals surface area contributed by atoms with Gasteiger partial charge in [0.05, 0.1) is 14.2 Å². The molecule has 3 N–H and O–H groups in total. The van der Waals surface area contributed by atoms with Crippen molar-refractivity contribution < 1.29 is 23.8 Å². The van der Waals surface area contributed by atoms with Gasteiger partial charge < -0.3 is 30.2 Å². The van der Waals surface area contributed by atoms with E-state index >= 15 is 0 Å². The molecule has 180 valence electrons. The van der Waals surface area contributed by atoms with Crippen LogP contribution in [-0.2, 0) is 4.79 Å². The molecule has 0 saturated carbocycles. The van der Waals surface area contributed by atoms with Crippen molar-refractivity contribution in [3.63, 3.8) is 0 Å². The van der Waals surface area contributed by atoms with Crippen molar-refractivity contribution in [1.29, 1.82) is 0 Å². The number of amides is 2. The van der Waals surface area contributed by atoms with Crippen LogP contribution in [-0.4, -0.2) is 61.2 Å². The van der Waals surface area contributed by atoms with Crippen LogP contribution in [0.1, 0.15) is 70.7 Å². The number of hydrogen-bond acceptors (Lipinski definition) is 6. The van der Waals surface area contributed by atoms with Gasteiger partial charge in [0, 0.05) is 29.2 Å². The van der Waals surface area contributed by atoms with E-state index in [0.29, 0.717) is 23.6 Å². The third-order valence-corrected chi connectivity index (χ3v) is 5.69. The lowest BCUT2D eigenvalue weighted by Crippen LogP contribution is -2.62. The number of benzene rings is 1. The first-order chi connectivity index (χ1) is 14.9. The highest BCUT2D eigenvalue weighted by molar-refractivity contribution is 5.96. The number of nitrogens with one attached hydrogen (secondary N) is 1. The van der Waals surface area contributed by atoms with Crippen molar-refractivity contribution in [3.05, 3.63) is 17.7 Å². The molecule has 1 aromatic rings. The van der Waals surface area contributed by atoms with E-state index < -0.39 is 5.91 Å². The SMILES string of the molecule is CCCCN(C(=O)c1cc(OC)c(OCC(N)=O)c(OC)c1)C1CC(C)(C)NC(C)(C)C1. The third-order valence-electron chi connectivity index (χ3n) is 5.69. The van der Waals surface area contributed by atoms with Gasteiger partial charge in [0.1, 0.15) is 0 Å². The molecule has 0 bridgehead atoms. The van der Waals surface area contributed by atoms with Crippen LogP contribution in [0, 0.1) is 0 Å². The Hall–Kier alpha value is -2.48. The lowest BCUT2D eigenvalue weighted by molar-refractivity contribution is -0.120. The Labute approximate surface area is 191 Å². The van der Waals surface area contributed by atoms with Gasteiger partial charge in [-0.2, -0.15) is 0 Å². The molecule has 0 radical (unpaired) electrons. The Bertz CT molecular complexity index is 781. The summed E-state index contributed by atoms with van der Waals surface area (Å²) in [6.07, 6.45) is 3.64. The highest BCUT2D eigenvalue weighted by Crippen LogP contribution is 2.40. The maximum absolute atomic E-state index is 13.8. The number of nitrogens with two attached hydrogens (primary N) is 1. The number of methoxy groups -OCH3 is 2. The van der Waals surface area contributed by atoms with Crippen molar-refractivity contribution in [2.75, 3.05) is 27.4 Å². The summed E-state index contributed by atoms with van der Waals surface area (Å²) in [6, 6.07) is 3.37. The molecule has 0 unspecified atom stereocenters. The molecule has 8 nitrogen and oxygen atoms in total. The minimum atomic E-state index is -0.615. The molecular formula is C24H39N3O5. The first-order valence-corrected chi connectivity index (χ1v) is 11.2. The second-order valence-corrected chi connectivity index (χ2v) is 9.77. The Morgan fingerprint density at radius 3 is 2.06 bits per heavy atom. The van der Waals surface area contributed by atoms with Crippen LogP contribution in [0.4, 0.5) is 0 Å². The summed E-state index contributed by atoms with van der Waals surface area (Å²) in [5, 5.41) is 3.69. The van der Waals surface area contributed by atoms with E-state index in [0.717, 1.165) is 25.7 Å². The summed E-state index contributed by atoms with van der Waals surface area (Å²) in [5.41, 5.74) is 5.49. The van der Waals surface area contributed by atoms with Gasteiger partial charge in [-0.3, -0.25) is 9.59 Å². The monoisotopic (exact) mass is 449 g/mol. The Morgan fingerprint density at radius 1 is 1.09 bits per heavy atom. The zero-order chi connectivity index (χ0) is 24.1. The Balaban J connectivity index is 2.43. The van der Waals surface area contributed by atoms with Gasteiger partial charge in [0.2, 0.25) is 5.75 Å². The number of rotatable bonds is 10. The van der Waals surface area contributed by atoms with Gasteiger partial charge >= 0.3 is 0 Å². The van der Waals surface area contributed by atoms with Crippen molar-refractivity contribution in [3.8, 4) is 17.2 Å². The highest BCUT2D eigenvalue weighted by Gasteiger charge is 2.41. The molecule has 1 fully saturated rings. The summed E-state index contributed by atoms with van der Waals surface area (Å²) in [4.78, 5) is 26.9. The molecule has 1 saturated heterocycles. The molecule has 0 spiro atoms. The second-order valence-electron chi connectivity index (χ2n) is 9.77. The van der Waals surface area contributed by atoms with Crippen LogP contribution in [0.25, 0.3) is 0 Å². The molecule has 1 aliphatic heterocycles. The van der Waals surface area contributed by atoms with Crippen molar-refractivity contribution >= 4 is 11.8 Å². The van der Waals surface area contributed by atoms with Crippen LogP contribution in [0.2, 0.25) is 0 Å². The average Bonchev–Trinajstić information content (AvgIpc) is 2.69. The van der Waals surface area contributed by atoms with Gasteiger partial charge in [-0.15, -0.1) is 0 Å². The van der Waals surface area contributed by atoms with Gasteiger partial charge in [0.15, 0.2) is 18.1 Å². The zero-order valence-electron chi connectivity index (χ0n) is 20.5. The maximum atomic E-state index is 13.8. The van der Waals surface area contributed by atoms with E-state index in [1.807, 2.05) is 4.90 Å². The fraction of sp³-hybridized carbons (Fsp3) is 0.667. The topological polar surface area (TPSA) is 103 Å². The smallest absolute Gasteiger partial charge is 0.255 e. The van der Waals surface area contributed by atoms with Crippen LogP contribution < -0.4 is 25.3 Å². The first kappa shape index (κ1) is 25.8. The molecule has 2 amide bonds. The maximum Gasteiger partial charge on any atom is 0.255 e. The highest BCUT2D eigenvalue weighted by atomic mass is 16.5. The van der Waals surface area contributed by atoms with Crippen molar-refractivity contribution in [2.24, 2.45) is 5.73 Å². The molecule has 0 atom stereocenters. The van der Waals surface area contributed by atoms with E-state index in [4.69, 9.17) is 19.9 Å². The molecule has 1 aromatic carbocycles. The van der Waals surface area contributed by atoms with Gasteiger partial charge in [-0.1, -0.05) is 13.3 Å². The summed E-state index contributed by atoms with van der Waals surface area (Å²) < 4.78 is 16.4. The summed E-state index contributed by atoms with van der Waals surface area (Å²) >= 11 is 0. The minimum Gasteiger partial charge on any atom is -0.493 e. The molecule has 1 aliphatic rings. The number of ether oxygens (including phenoxy) is 3. The van der Waals surface area contributed by atoms with E-state index in [2.05, 4.69) is 39.9 Å². The number of hydrogen-bond donors (Lipinski definition) is 2. The van der Waals surface area contributed by atoms with Gasteiger partial charge in [-0.05, 0) is 59.1 Å². The number of carbonyl (C=O) groups is 2. The largest absolute Gasteiger partial charge is 0.493 e. The number of piperidine rings is 1. The molecular weight excluding hydrogens is 410 g/mol. The van der Waals surface area contributed by atoms with Crippen LogP contribution >= 0.6 is 0 Å². The number of nitrogens with zero attached hydrogens (tertiary/aromatic N) is 1. The zero-order valence-corrected chi connectivity index (χ0v) is 20.5. The molecule has 0 aromatic heterocycles. The number of unbranched alkanes of at least 4 members (excludes halogenated alkanes) is 1. The van der Waals surface area contributed by atoms with E-state index in [1.165, 1.54) is 14.2 Å². The van der Waals surface area contributed by atoms with Crippen LogP contribution in [0.15, 0.2) is 12.1 Å². The predicted molar refractivity (Wildman–Crippen MR) is 124 cm³/mol. The number of primary amides is 1. The van der Waals surface area contributed by atoms with E-state index in [1.54, 1.807) is 12.1 Å². The van der Waals surface area contributed by atoms with Gasteiger partial charge in [0.25, 0.3) is 11.8 Å². The number of carbonyl (C=O) groups excluding carboxylic acids is 2. The third kappa shape index (κ3) is 6.51. The lowest BCUT2D eigenvalue weighted by Gasteiger charge is -2.49. The molecule has 1 heterocycles. The Morgan fingerprint density at radius 2 is 1.62 bits per heavy atom. The van der Waals surface area contributed by atoms with Gasteiger partial charge in [-0.25, -0.2) is 0 Å².